The molecule has 0 spiro atoms. The minimum Gasteiger partial charge on any atom is -0.478 e. The van der Waals surface area contributed by atoms with Crippen molar-refractivity contribution >= 4 is 12.3 Å². The number of carboxylic acids is 1. The summed E-state index contributed by atoms with van der Waals surface area (Å²) in [7, 11) is 0. The van der Waals surface area contributed by atoms with E-state index >= 15 is 0 Å². The van der Waals surface area contributed by atoms with E-state index in [0.29, 0.717) is 23.3 Å². The van der Waals surface area contributed by atoms with Crippen LogP contribution in [0.15, 0.2) is 18.2 Å². The van der Waals surface area contributed by atoms with Crippen molar-refractivity contribution in [2.75, 3.05) is 0 Å². The third-order valence-corrected chi connectivity index (χ3v) is 7.21. The van der Waals surface area contributed by atoms with Gasteiger partial charge in [0.15, 0.2) is 0 Å². The molecule has 1 aromatic rings. The molecule has 23 heavy (non-hydrogen) atoms. The second kappa shape index (κ2) is 5.19. The molecule has 5 unspecified atom stereocenters. The fourth-order valence-electron chi connectivity index (χ4n) is 5.98. The highest BCUT2D eigenvalue weighted by Crippen LogP contribution is 2.62. The van der Waals surface area contributed by atoms with Crippen molar-refractivity contribution in [3.05, 3.63) is 34.9 Å². The lowest BCUT2D eigenvalue weighted by atomic mass is 9.54. The molecule has 0 amide bonds. The van der Waals surface area contributed by atoms with Gasteiger partial charge in [-0.2, -0.15) is 0 Å². The third kappa shape index (κ3) is 2.09. The molecule has 3 aliphatic rings. The summed E-state index contributed by atoms with van der Waals surface area (Å²) in [6.45, 7) is 2.34. The van der Waals surface area contributed by atoms with Crippen LogP contribution in [0.25, 0.3) is 0 Å². The van der Waals surface area contributed by atoms with E-state index < -0.39 is 5.97 Å². The summed E-state index contributed by atoms with van der Waals surface area (Å²) in [6, 6.07) is 5.70. The van der Waals surface area contributed by atoms with Crippen molar-refractivity contribution in [1.29, 1.82) is 0 Å². The van der Waals surface area contributed by atoms with Gasteiger partial charge in [-0.05, 0) is 85.0 Å². The van der Waals surface area contributed by atoms with Gasteiger partial charge in [0.05, 0.1) is 5.56 Å². The highest BCUT2D eigenvalue weighted by Gasteiger charge is 2.54. The number of carboxylic acid groups (broad SMARTS) is 1. The van der Waals surface area contributed by atoms with E-state index in [0.717, 1.165) is 32.1 Å². The maximum absolute atomic E-state index is 11.5. The van der Waals surface area contributed by atoms with Crippen LogP contribution in [0.3, 0.4) is 0 Å². The molecule has 0 aromatic heterocycles. The molecule has 0 aliphatic heterocycles. The Bertz CT molecular complexity index is 665. The van der Waals surface area contributed by atoms with Gasteiger partial charge in [0, 0.05) is 5.92 Å². The van der Waals surface area contributed by atoms with Gasteiger partial charge in [-0.3, -0.25) is 0 Å². The van der Waals surface area contributed by atoms with Crippen LogP contribution in [0, 0.1) is 23.2 Å². The van der Waals surface area contributed by atoms with Gasteiger partial charge in [-0.15, -0.1) is 0 Å². The van der Waals surface area contributed by atoms with E-state index in [2.05, 4.69) is 13.0 Å². The Morgan fingerprint density at radius 1 is 1.26 bits per heavy atom. The highest BCUT2D eigenvalue weighted by molar-refractivity contribution is 5.88. The molecular formula is C20H24O3. The molecule has 5 atom stereocenters. The number of hydrogen-bond acceptors (Lipinski definition) is 2. The SMILES string of the molecule is CC12CCC3c4ccc(C(=O)O)cc4CCC3C1CCC2C=O. The van der Waals surface area contributed by atoms with E-state index in [1.807, 2.05) is 6.07 Å². The van der Waals surface area contributed by atoms with Gasteiger partial charge in [0.2, 0.25) is 0 Å². The molecule has 0 saturated heterocycles. The van der Waals surface area contributed by atoms with Crippen LogP contribution in [0.4, 0.5) is 0 Å². The Balaban J connectivity index is 1.68. The summed E-state index contributed by atoms with van der Waals surface area (Å²) in [5, 5.41) is 9.20. The maximum Gasteiger partial charge on any atom is 0.335 e. The molecule has 0 radical (unpaired) electrons. The molecule has 3 heteroatoms. The summed E-state index contributed by atoms with van der Waals surface area (Å²) in [5.74, 6) is 1.29. The molecule has 3 aliphatic carbocycles. The van der Waals surface area contributed by atoms with E-state index in [1.54, 1.807) is 6.07 Å². The topological polar surface area (TPSA) is 54.4 Å². The van der Waals surface area contributed by atoms with Crippen molar-refractivity contribution in [1.82, 2.24) is 0 Å². The van der Waals surface area contributed by atoms with Crippen molar-refractivity contribution in [3.63, 3.8) is 0 Å². The Labute approximate surface area is 137 Å². The summed E-state index contributed by atoms with van der Waals surface area (Å²) in [6.07, 6.45) is 7.84. The number of carbonyl (C=O) groups excluding carboxylic acids is 1. The van der Waals surface area contributed by atoms with Gasteiger partial charge in [-0.25, -0.2) is 4.79 Å². The molecule has 4 rings (SSSR count). The van der Waals surface area contributed by atoms with E-state index in [9.17, 15) is 14.7 Å². The summed E-state index contributed by atoms with van der Waals surface area (Å²) in [4.78, 5) is 22.7. The zero-order valence-corrected chi connectivity index (χ0v) is 13.6. The number of carbonyl (C=O) groups is 2. The lowest BCUT2D eigenvalue weighted by Gasteiger charge is -2.50. The fourth-order valence-corrected chi connectivity index (χ4v) is 5.98. The van der Waals surface area contributed by atoms with Gasteiger partial charge in [0.25, 0.3) is 0 Å². The Kier molecular flexibility index (Phi) is 3.36. The molecule has 3 nitrogen and oxygen atoms in total. The summed E-state index contributed by atoms with van der Waals surface area (Å²) >= 11 is 0. The van der Waals surface area contributed by atoms with Crippen LogP contribution in [-0.4, -0.2) is 17.4 Å². The van der Waals surface area contributed by atoms with E-state index in [4.69, 9.17) is 0 Å². The van der Waals surface area contributed by atoms with Gasteiger partial charge in [0.1, 0.15) is 6.29 Å². The quantitative estimate of drug-likeness (QED) is 0.838. The third-order valence-electron chi connectivity index (χ3n) is 7.21. The van der Waals surface area contributed by atoms with Crippen LogP contribution in [0.2, 0.25) is 0 Å². The largest absolute Gasteiger partial charge is 0.478 e. The average Bonchev–Trinajstić information content (AvgIpc) is 2.90. The zero-order valence-electron chi connectivity index (χ0n) is 13.6. The smallest absolute Gasteiger partial charge is 0.335 e. The number of benzene rings is 1. The minimum atomic E-state index is -0.837. The number of fused-ring (bicyclic) bond motifs is 5. The normalized spacial score (nSPS) is 38.3. The molecule has 0 bridgehead atoms. The second-order valence-corrected chi connectivity index (χ2v) is 8.00. The first kappa shape index (κ1) is 14.9. The van der Waals surface area contributed by atoms with Crippen molar-refractivity contribution in [2.24, 2.45) is 23.2 Å². The highest BCUT2D eigenvalue weighted by atomic mass is 16.4. The lowest BCUT2D eigenvalue weighted by molar-refractivity contribution is -0.115. The van der Waals surface area contributed by atoms with Gasteiger partial charge in [-0.1, -0.05) is 13.0 Å². The molecule has 2 saturated carbocycles. The number of rotatable bonds is 2. The summed E-state index contributed by atoms with van der Waals surface area (Å²) < 4.78 is 0. The summed E-state index contributed by atoms with van der Waals surface area (Å²) in [5.41, 5.74) is 3.22. The molecule has 1 aromatic carbocycles. The molecule has 1 N–H and O–H groups in total. The number of aldehydes is 1. The molecule has 0 heterocycles. The monoisotopic (exact) mass is 312 g/mol. The predicted octanol–water partition coefficient (Wildman–Crippen LogP) is 4.06. The average molecular weight is 312 g/mol. The van der Waals surface area contributed by atoms with Crippen LogP contribution in [-0.2, 0) is 11.2 Å². The minimum absolute atomic E-state index is 0.196. The van der Waals surface area contributed by atoms with Crippen molar-refractivity contribution in [2.45, 2.75) is 51.4 Å². The zero-order chi connectivity index (χ0) is 16.2. The first-order valence-corrected chi connectivity index (χ1v) is 8.86. The lowest BCUT2D eigenvalue weighted by Crippen LogP contribution is -2.42. The van der Waals surface area contributed by atoms with E-state index in [1.165, 1.54) is 23.8 Å². The molecule has 122 valence electrons. The Morgan fingerprint density at radius 3 is 2.83 bits per heavy atom. The Hall–Kier alpha value is -1.64. The first-order valence-electron chi connectivity index (χ1n) is 8.86. The number of aryl methyl sites for hydroxylation is 1. The first-order chi connectivity index (χ1) is 11.0. The Morgan fingerprint density at radius 2 is 2.09 bits per heavy atom. The fraction of sp³-hybridized carbons (Fsp3) is 0.600. The second-order valence-electron chi connectivity index (χ2n) is 8.00. The number of aromatic carboxylic acids is 1. The maximum atomic E-state index is 11.5. The van der Waals surface area contributed by atoms with Crippen LogP contribution >= 0.6 is 0 Å². The van der Waals surface area contributed by atoms with Gasteiger partial charge >= 0.3 is 5.97 Å². The standard InChI is InChI=1S/C20H24O3/c1-20-9-8-16-15-5-3-13(19(22)23)10-12(15)2-6-17(16)18(20)7-4-14(20)11-21/h3,5,10-11,14,16-18H,2,4,6-9H2,1H3,(H,22,23). The van der Waals surface area contributed by atoms with E-state index in [-0.39, 0.29) is 11.3 Å². The number of hydrogen-bond donors (Lipinski definition) is 1. The predicted molar refractivity (Wildman–Crippen MR) is 87.6 cm³/mol. The van der Waals surface area contributed by atoms with Crippen LogP contribution in [0.5, 0.6) is 0 Å². The van der Waals surface area contributed by atoms with Gasteiger partial charge < -0.3 is 9.90 Å². The van der Waals surface area contributed by atoms with Crippen LogP contribution in [0.1, 0.15) is 66.4 Å². The molecular weight excluding hydrogens is 288 g/mol. The molecule has 2 fully saturated rings. The van der Waals surface area contributed by atoms with Crippen molar-refractivity contribution < 1.29 is 14.7 Å². The van der Waals surface area contributed by atoms with Crippen molar-refractivity contribution in [3.8, 4) is 0 Å². The van der Waals surface area contributed by atoms with Crippen LogP contribution < -0.4 is 0 Å².